The van der Waals surface area contributed by atoms with Crippen molar-refractivity contribution in [1.82, 2.24) is 0 Å². The van der Waals surface area contributed by atoms with E-state index in [1.165, 1.54) is 25.7 Å². The Kier molecular flexibility index (Phi) is 3.95. The van der Waals surface area contributed by atoms with Crippen LogP contribution in [-0.4, -0.2) is 18.5 Å². The summed E-state index contributed by atoms with van der Waals surface area (Å²) in [6.07, 6.45) is 6.88. The van der Waals surface area contributed by atoms with E-state index in [0.29, 0.717) is 12.5 Å². The van der Waals surface area contributed by atoms with E-state index in [9.17, 15) is 4.79 Å². The molecule has 2 unspecified atom stereocenters. The fourth-order valence-corrected chi connectivity index (χ4v) is 3.49. The summed E-state index contributed by atoms with van der Waals surface area (Å²) in [6.45, 7) is 3.20. The average Bonchev–Trinajstić information content (AvgIpc) is 2.85. The number of anilines is 2. The lowest BCUT2D eigenvalue weighted by molar-refractivity contribution is -0.117. The van der Waals surface area contributed by atoms with Gasteiger partial charge in [-0.05, 0) is 43.4 Å². The van der Waals surface area contributed by atoms with Crippen LogP contribution in [0.2, 0.25) is 0 Å². The summed E-state index contributed by atoms with van der Waals surface area (Å²) >= 11 is 0. The molecule has 2 atom stereocenters. The summed E-state index contributed by atoms with van der Waals surface area (Å²) in [5.74, 6) is 1.08. The van der Waals surface area contributed by atoms with E-state index in [0.717, 1.165) is 30.3 Å². The zero-order chi connectivity index (χ0) is 13.9. The Balaban J connectivity index is 1.69. The largest absolute Gasteiger partial charge is 0.382 e. The average molecular weight is 272 g/mol. The van der Waals surface area contributed by atoms with Gasteiger partial charge in [-0.2, -0.15) is 0 Å². The first-order valence-corrected chi connectivity index (χ1v) is 7.89. The van der Waals surface area contributed by atoms with Crippen molar-refractivity contribution in [2.24, 2.45) is 5.92 Å². The van der Waals surface area contributed by atoms with Crippen LogP contribution >= 0.6 is 0 Å². The Bertz CT molecular complexity index is 486. The normalized spacial score (nSPS) is 26.9. The highest BCUT2D eigenvalue weighted by Crippen LogP contribution is 2.28. The molecule has 1 saturated heterocycles. The second-order valence-electron chi connectivity index (χ2n) is 6.31. The molecule has 3 rings (SSSR count). The molecular weight excluding hydrogens is 248 g/mol. The number of hydrogen-bond acceptors (Lipinski definition) is 2. The zero-order valence-electron chi connectivity index (χ0n) is 12.3. The van der Waals surface area contributed by atoms with Gasteiger partial charge in [0.1, 0.15) is 0 Å². The third-order valence-corrected chi connectivity index (χ3v) is 4.54. The van der Waals surface area contributed by atoms with Crippen molar-refractivity contribution in [1.29, 1.82) is 0 Å². The van der Waals surface area contributed by atoms with Gasteiger partial charge in [0.2, 0.25) is 5.91 Å². The summed E-state index contributed by atoms with van der Waals surface area (Å²) < 4.78 is 0. The minimum atomic E-state index is 0.258. The number of hydrogen-bond donors (Lipinski definition) is 1. The molecule has 0 radical (unpaired) electrons. The molecule has 0 aromatic heterocycles. The Hall–Kier alpha value is -1.51. The molecule has 3 nitrogen and oxygen atoms in total. The highest BCUT2D eigenvalue weighted by atomic mass is 16.2. The van der Waals surface area contributed by atoms with E-state index >= 15 is 0 Å². The molecule has 1 aliphatic heterocycles. The molecule has 3 heteroatoms. The lowest BCUT2D eigenvalue weighted by Gasteiger charge is -2.28. The topological polar surface area (TPSA) is 32.3 Å². The van der Waals surface area contributed by atoms with E-state index in [1.54, 1.807) is 0 Å². The number of nitrogens with zero attached hydrogens (tertiary/aromatic N) is 1. The van der Waals surface area contributed by atoms with Crippen LogP contribution in [0.25, 0.3) is 0 Å². The van der Waals surface area contributed by atoms with Crippen LogP contribution in [-0.2, 0) is 4.79 Å². The molecule has 1 aromatic carbocycles. The summed E-state index contributed by atoms with van der Waals surface area (Å²) in [6, 6.07) is 8.92. The van der Waals surface area contributed by atoms with Crippen LogP contribution in [0.1, 0.15) is 45.4 Å². The molecule has 1 aromatic rings. The zero-order valence-corrected chi connectivity index (χ0v) is 12.3. The van der Waals surface area contributed by atoms with Crippen molar-refractivity contribution in [2.45, 2.75) is 51.5 Å². The van der Waals surface area contributed by atoms with Crippen molar-refractivity contribution in [2.75, 3.05) is 16.8 Å². The second-order valence-corrected chi connectivity index (χ2v) is 6.31. The van der Waals surface area contributed by atoms with Gasteiger partial charge in [-0.3, -0.25) is 4.79 Å². The van der Waals surface area contributed by atoms with Crippen molar-refractivity contribution in [3.05, 3.63) is 24.3 Å². The Morgan fingerprint density at radius 1 is 1.25 bits per heavy atom. The molecule has 1 saturated carbocycles. The maximum Gasteiger partial charge on any atom is 0.227 e. The minimum Gasteiger partial charge on any atom is -0.382 e. The van der Waals surface area contributed by atoms with Gasteiger partial charge in [-0.15, -0.1) is 0 Å². The van der Waals surface area contributed by atoms with Gasteiger partial charge < -0.3 is 10.2 Å². The van der Waals surface area contributed by atoms with Gasteiger partial charge in [0, 0.05) is 30.4 Å². The number of carbonyl (C=O) groups is 1. The maximum absolute atomic E-state index is 11.8. The molecule has 0 spiro atoms. The van der Waals surface area contributed by atoms with E-state index in [1.807, 2.05) is 11.0 Å². The Labute approximate surface area is 121 Å². The lowest BCUT2D eigenvalue weighted by Crippen LogP contribution is -2.27. The van der Waals surface area contributed by atoms with Gasteiger partial charge in [0.25, 0.3) is 0 Å². The van der Waals surface area contributed by atoms with Gasteiger partial charge in [0.05, 0.1) is 0 Å². The number of rotatable bonds is 3. The molecule has 0 bridgehead atoms. The predicted octanol–water partition coefficient (Wildman–Crippen LogP) is 3.80. The van der Waals surface area contributed by atoms with Crippen LogP contribution in [0.15, 0.2) is 24.3 Å². The summed E-state index contributed by atoms with van der Waals surface area (Å²) in [4.78, 5) is 13.7. The van der Waals surface area contributed by atoms with Crippen molar-refractivity contribution >= 4 is 17.3 Å². The number of amides is 1. The fraction of sp³-hybridized carbons (Fsp3) is 0.588. The van der Waals surface area contributed by atoms with E-state index in [-0.39, 0.29) is 5.91 Å². The van der Waals surface area contributed by atoms with Crippen molar-refractivity contribution in [3.8, 4) is 0 Å². The summed E-state index contributed by atoms with van der Waals surface area (Å²) in [5, 5.41) is 3.65. The van der Waals surface area contributed by atoms with Crippen LogP contribution in [0.4, 0.5) is 11.4 Å². The van der Waals surface area contributed by atoms with Crippen molar-refractivity contribution in [3.63, 3.8) is 0 Å². The first kappa shape index (κ1) is 13.5. The molecule has 1 amide bonds. The van der Waals surface area contributed by atoms with Crippen LogP contribution in [0.5, 0.6) is 0 Å². The highest BCUT2D eigenvalue weighted by Gasteiger charge is 2.22. The molecule has 2 fully saturated rings. The maximum atomic E-state index is 11.8. The monoisotopic (exact) mass is 272 g/mol. The molecule has 1 aliphatic carbocycles. The molecule has 1 heterocycles. The van der Waals surface area contributed by atoms with Crippen LogP contribution in [0, 0.1) is 5.92 Å². The Morgan fingerprint density at radius 2 is 2.15 bits per heavy atom. The van der Waals surface area contributed by atoms with Gasteiger partial charge in [-0.25, -0.2) is 0 Å². The lowest BCUT2D eigenvalue weighted by atomic mass is 9.87. The fourth-order valence-electron chi connectivity index (χ4n) is 3.49. The third-order valence-electron chi connectivity index (χ3n) is 4.54. The Morgan fingerprint density at radius 3 is 2.90 bits per heavy atom. The number of benzene rings is 1. The first-order chi connectivity index (χ1) is 9.72. The first-order valence-electron chi connectivity index (χ1n) is 7.89. The van der Waals surface area contributed by atoms with E-state index < -0.39 is 0 Å². The van der Waals surface area contributed by atoms with Gasteiger partial charge in [-0.1, -0.05) is 25.8 Å². The smallest absolute Gasteiger partial charge is 0.227 e. The van der Waals surface area contributed by atoms with Crippen LogP contribution in [0.3, 0.4) is 0 Å². The minimum absolute atomic E-state index is 0.258. The molecular formula is C17H24N2O. The molecule has 108 valence electrons. The SMILES string of the molecule is CC1CCCC(Nc2cccc(N3CCCC3=O)c2)C1. The quantitative estimate of drug-likeness (QED) is 0.907. The molecule has 1 N–H and O–H groups in total. The van der Waals surface area contributed by atoms with Gasteiger partial charge in [0.15, 0.2) is 0 Å². The standard InChI is InChI=1S/C17H24N2O/c1-13-5-2-6-14(11-13)18-15-7-3-8-16(12-15)19-10-4-9-17(19)20/h3,7-8,12-14,18H,2,4-6,9-11H2,1H3. The van der Waals surface area contributed by atoms with Crippen LogP contribution < -0.4 is 10.2 Å². The highest BCUT2D eigenvalue weighted by molar-refractivity contribution is 5.95. The predicted molar refractivity (Wildman–Crippen MR) is 83.1 cm³/mol. The van der Waals surface area contributed by atoms with E-state index in [2.05, 4.69) is 30.4 Å². The summed E-state index contributed by atoms with van der Waals surface area (Å²) in [7, 11) is 0. The van der Waals surface area contributed by atoms with E-state index in [4.69, 9.17) is 0 Å². The second kappa shape index (κ2) is 5.86. The number of nitrogens with one attached hydrogen (secondary N) is 1. The molecule has 20 heavy (non-hydrogen) atoms. The third kappa shape index (κ3) is 2.97. The number of carbonyl (C=O) groups excluding carboxylic acids is 1. The van der Waals surface area contributed by atoms with Crippen molar-refractivity contribution < 1.29 is 4.79 Å². The van der Waals surface area contributed by atoms with Gasteiger partial charge >= 0.3 is 0 Å². The summed E-state index contributed by atoms with van der Waals surface area (Å²) in [5.41, 5.74) is 2.20. The molecule has 2 aliphatic rings.